The van der Waals surface area contributed by atoms with Crippen LogP contribution in [0, 0.1) is 5.92 Å². The zero-order valence-electron chi connectivity index (χ0n) is 33.4. The van der Waals surface area contributed by atoms with Crippen molar-refractivity contribution >= 4 is 40.9 Å². The van der Waals surface area contributed by atoms with Gasteiger partial charge in [0.25, 0.3) is 0 Å². The van der Waals surface area contributed by atoms with Gasteiger partial charge in [0.05, 0.1) is 0 Å². The molecule has 1 heterocycles. The number of rotatable bonds is 37. The Balaban J connectivity index is 2.65. The second-order valence-electron chi connectivity index (χ2n) is 15.3. The summed E-state index contributed by atoms with van der Waals surface area (Å²) >= 11 is 1.79. The molecular formula is C44H77IO7. The van der Waals surface area contributed by atoms with Crippen molar-refractivity contribution in [1.82, 2.24) is 0 Å². The predicted molar refractivity (Wildman–Crippen MR) is 223 cm³/mol. The van der Waals surface area contributed by atoms with Gasteiger partial charge < -0.3 is 17.6 Å². The van der Waals surface area contributed by atoms with E-state index in [9.17, 15) is 14.4 Å². The highest BCUT2D eigenvalue weighted by Gasteiger charge is 2.42. The van der Waals surface area contributed by atoms with Gasteiger partial charge in [-0.15, -0.1) is 0 Å². The van der Waals surface area contributed by atoms with Crippen LogP contribution >= 0.6 is 23.0 Å². The van der Waals surface area contributed by atoms with Gasteiger partial charge in [0.2, 0.25) is 0 Å². The van der Waals surface area contributed by atoms with E-state index in [1.165, 1.54) is 103 Å². The molecule has 0 aliphatic carbocycles. The van der Waals surface area contributed by atoms with Crippen LogP contribution < -0.4 is 0 Å². The van der Waals surface area contributed by atoms with Crippen LogP contribution in [0.3, 0.4) is 0 Å². The molecule has 0 amide bonds. The molecule has 1 rings (SSSR count). The molecule has 1 fully saturated rings. The first kappa shape index (κ1) is 48.6. The highest BCUT2D eigenvalue weighted by atomic mass is 127. The van der Waals surface area contributed by atoms with Crippen LogP contribution in [0.25, 0.3) is 0 Å². The number of unbranched alkanes of at least 4 members (excludes halogenated alkanes) is 20. The molecule has 0 radical (unpaired) electrons. The van der Waals surface area contributed by atoms with E-state index >= 15 is 0 Å². The number of carbonyl (C=O) groups excluding carboxylic acids is 2. The number of ether oxygens (including phenoxy) is 2. The van der Waals surface area contributed by atoms with Crippen molar-refractivity contribution in [3.8, 4) is 0 Å². The van der Waals surface area contributed by atoms with Gasteiger partial charge in [-0.2, -0.15) is 0 Å². The maximum atomic E-state index is 12.7. The molecule has 1 saturated heterocycles. The Morgan fingerprint density at radius 3 is 1.87 bits per heavy atom. The maximum Gasteiger partial charge on any atom is 0.306 e. The van der Waals surface area contributed by atoms with Crippen molar-refractivity contribution < 1.29 is 32.0 Å². The average molecular weight is 845 g/mol. The number of esters is 2. The van der Waals surface area contributed by atoms with Gasteiger partial charge in [-0.1, -0.05) is 153 Å². The number of allylic oxidation sites excluding steroid dienone is 4. The van der Waals surface area contributed by atoms with Crippen LogP contribution in [0.1, 0.15) is 213 Å². The number of cyclic esters (lactones) is 1. The smallest absolute Gasteiger partial charge is 0.306 e. The minimum Gasteiger partial charge on any atom is -0.481 e. The summed E-state index contributed by atoms with van der Waals surface area (Å²) in [6.07, 6.45) is 41.4. The van der Waals surface area contributed by atoms with E-state index in [0.29, 0.717) is 25.2 Å². The lowest BCUT2D eigenvalue weighted by atomic mass is 9.85. The van der Waals surface area contributed by atoms with E-state index in [-0.39, 0.29) is 31.6 Å². The molecule has 2 atom stereocenters. The van der Waals surface area contributed by atoms with E-state index in [2.05, 4.69) is 32.1 Å². The van der Waals surface area contributed by atoms with Crippen LogP contribution in [-0.4, -0.2) is 41.8 Å². The lowest BCUT2D eigenvalue weighted by molar-refractivity contribution is -0.165. The van der Waals surface area contributed by atoms with Crippen molar-refractivity contribution in [2.24, 2.45) is 5.92 Å². The summed E-state index contributed by atoms with van der Waals surface area (Å²) in [6.45, 7) is 4.83. The molecule has 0 bridgehead atoms. The van der Waals surface area contributed by atoms with E-state index in [0.717, 1.165) is 70.6 Å². The van der Waals surface area contributed by atoms with Gasteiger partial charge in [-0.3, -0.25) is 14.4 Å². The second-order valence-corrected chi connectivity index (χ2v) is 16.0. The third kappa shape index (κ3) is 27.2. The monoisotopic (exact) mass is 844 g/mol. The Bertz CT molecular complexity index is 964. The molecule has 7 nitrogen and oxygen atoms in total. The summed E-state index contributed by atoms with van der Waals surface area (Å²) in [5.74, 6) is -0.640. The molecule has 1 N–H and O–H groups in total. The van der Waals surface area contributed by atoms with Gasteiger partial charge >= 0.3 is 17.9 Å². The molecule has 0 aromatic carbocycles. The number of carboxylic acid groups (broad SMARTS) is 1. The van der Waals surface area contributed by atoms with E-state index in [1.807, 2.05) is 0 Å². The molecule has 52 heavy (non-hydrogen) atoms. The standard InChI is InChI=1S/C44H77IO7/c1-3-5-7-9-10-11-12-13-14-17-20-25-31-40(32-27-28-34-42(48)50-37-44(38-51-45)36-35-43(49)52-44)39(29-23-8-6-4-2)30-24-21-18-15-16-19-22-26-33-41(46)47/h21,24,29,40H,3-20,22-23,25-28,30-38H2,1-2H3,(H,46,47)/b24-21-,39-29+. The molecule has 1 aliphatic heterocycles. The largest absolute Gasteiger partial charge is 0.481 e. The zero-order valence-corrected chi connectivity index (χ0v) is 35.6. The molecule has 1 aliphatic rings. The van der Waals surface area contributed by atoms with E-state index in [4.69, 9.17) is 17.6 Å². The Hall–Kier alpha value is -1.42. The second kappa shape index (κ2) is 34.1. The van der Waals surface area contributed by atoms with Crippen LogP contribution in [-0.2, 0) is 26.9 Å². The molecule has 302 valence electrons. The fourth-order valence-electron chi connectivity index (χ4n) is 7.21. The van der Waals surface area contributed by atoms with Crippen LogP contribution in [0.15, 0.2) is 23.8 Å². The molecule has 0 spiro atoms. The number of halogens is 1. The van der Waals surface area contributed by atoms with Crippen molar-refractivity contribution in [1.29, 1.82) is 0 Å². The first-order valence-electron chi connectivity index (χ1n) is 21.5. The summed E-state index contributed by atoms with van der Waals surface area (Å²) < 4.78 is 16.3. The molecule has 0 aromatic heterocycles. The minimum absolute atomic E-state index is 0.0594. The van der Waals surface area contributed by atoms with Crippen LogP contribution in [0.4, 0.5) is 0 Å². The van der Waals surface area contributed by atoms with Crippen molar-refractivity contribution in [2.45, 2.75) is 218 Å². The van der Waals surface area contributed by atoms with Crippen LogP contribution in [0.2, 0.25) is 0 Å². The predicted octanol–water partition coefficient (Wildman–Crippen LogP) is 13.5. The fraction of sp³-hybridized carbons (Fsp3) is 0.841. The fourth-order valence-corrected chi connectivity index (χ4v) is 7.78. The van der Waals surface area contributed by atoms with E-state index < -0.39 is 11.6 Å². The Kier molecular flexibility index (Phi) is 31.9. The summed E-state index contributed by atoms with van der Waals surface area (Å²) in [4.78, 5) is 35.1. The Labute approximate surface area is 332 Å². The van der Waals surface area contributed by atoms with Gasteiger partial charge in [-0.25, -0.2) is 0 Å². The van der Waals surface area contributed by atoms with Gasteiger partial charge in [0.15, 0.2) is 5.60 Å². The summed E-state index contributed by atoms with van der Waals surface area (Å²) in [7, 11) is 0. The highest BCUT2D eigenvalue weighted by Crippen LogP contribution is 2.30. The number of hydrogen-bond donors (Lipinski definition) is 1. The first-order chi connectivity index (χ1) is 25.4. The zero-order chi connectivity index (χ0) is 38.0. The van der Waals surface area contributed by atoms with Gasteiger partial charge in [0, 0.05) is 25.7 Å². The Morgan fingerprint density at radius 2 is 1.27 bits per heavy atom. The molecule has 2 unspecified atom stereocenters. The van der Waals surface area contributed by atoms with Crippen LogP contribution in [0.5, 0.6) is 0 Å². The normalized spacial score (nSPS) is 16.8. The third-order valence-corrected chi connectivity index (χ3v) is 10.9. The van der Waals surface area contributed by atoms with Crippen molar-refractivity contribution in [3.05, 3.63) is 23.8 Å². The molecular weight excluding hydrogens is 767 g/mol. The minimum atomic E-state index is -0.847. The topological polar surface area (TPSA) is 99.1 Å². The molecule has 8 heteroatoms. The third-order valence-electron chi connectivity index (χ3n) is 10.5. The number of carbonyl (C=O) groups is 3. The van der Waals surface area contributed by atoms with E-state index in [1.54, 1.807) is 28.6 Å². The summed E-state index contributed by atoms with van der Waals surface area (Å²) in [5, 5.41) is 8.83. The Morgan fingerprint density at radius 1 is 0.731 bits per heavy atom. The van der Waals surface area contributed by atoms with Crippen molar-refractivity contribution in [2.75, 3.05) is 13.2 Å². The average Bonchev–Trinajstić information content (AvgIpc) is 3.50. The van der Waals surface area contributed by atoms with Gasteiger partial charge in [0.1, 0.15) is 36.2 Å². The lowest BCUT2D eigenvalue weighted by Crippen LogP contribution is -2.39. The lowest BCUT2D eigenvalue weighted by Gasteiger charge is -2.25. The SMILES string of the molecule is CCCCC/C=C(\C/C=C\CCCCCCCC(=O)O)C(CCCCCCCCCCCCCC)CCCCC(=O)OCC1(COI)CCC(=O)O1. The summed E-state index contributed by atoms with van der Waals surface area (Å²) in [5.41, 5.74) is 0.732. The summed E-state index contributed by atoms with van der Waals surface area (Å²) in [6, 6.07) is 0. The quantitative estimate of drug-likeness (QED) is 0.0288. The number of carboxylic acids is 1. The maximum absolute atomic E-state index is 12.7. The molecule has 0 aromatic rings. The van der Waals surface area contributed by atoms with Crippen molar-refractivity contribution in [3.63, 3.8) is 0 Å². The number of aliphatic carboxylic acids is 1. The highest BCUT2D eigenvalue weighted by molar-refractivity contribution is 14.1. The first-order valence-corrected chi connectivity index (χ1v) is 22.4. The molecule has 0 saturated carbocycles. The van der Waals surface area contributed by atoms with Gasteiger partial charge in [-0.05, 0) is 63.7 Å². The number of hydrogen-bond acceptors (Lipinski definition) is 6.